The van der Waals surface area contributed by atoms with Gasteiger partial charge in [0.15, 0.2) is 0 Å². The maximum absolute atomic E-state index is 13.6. The molecule has 0 aliphatic carbocycles. The highest BCUT2D eigenvalue weighted by Gasteiger charge is 2.28. The Bertz CT molecular complexity index is 3450. The van der Waals surface area contributed by atoms with Gasteiger partial charge in [0.25, 0.3) is 29.4 Å². The molecule has 8 aromatic rings. The van der Waals surface area contributed by atoms with E-state index in [1.54, 1.807) is 82.9 Å². The molecule has 0 atom stereocenters. The van der Waals surface area contributed by atoms with E-state index in [0.29, 0.717) is 101 Å². The highest BCUT2D eigenvalue weighted by atomic mass is 19.1. The number of pyridine rings is 2. The van der Waals surface area contributed by atoms with Crippen LogP contribution in [0.15, 0.2) is 119 Å². The van der Waals surface area contributed by atoms with E-state index >= 15 is 0 Å². The Morgan fingerprint density at radius 3 is 1.37 bits per heavy atom. The van der Waals surface area contributed by atoms with Gasteiger partial charge in [-0.05, 0) is 125 Å². The predicted molar refractivity (Wildman–Crippen MR) is 273 cm³/mol. The van der Waals surface area contributed by atoms with Crippen molar-refractivity contribution in [2.45, 2.75) is 26.4 Å². The SMILES string of the molecule is C=O.CC(C)(C)OC(=O)N1CCN(C(=O)c2ccc(-n3cc(-c4cc5cc(F)ccc5[nH]c4=O)nn3)cc2)CC1.CN1CCN(C(=O)c2ccc(-n3cc(-c4cc5cc(F)ccc5[nH]c4=O)nn3)cc2)CC1.O=CO. The lowest BCUT2D eigenvalue weighted by atomic mass is 10.1. The molecule has 388 valence electrons. The number of ether oxygens (including phenoxy) is 1. The normalized spacial score (nSPS) is 13.7. The Balaban J connectivity index is 0.000000204. The number of carbonyl (C=O) groups excluding carboxylic acids is 4. The smallest absolute Gasteiger partial charge is 0.410 e. The summed E-state index contributed by atoms with van der Waals surface area (Å²) in [6.45, 7) is 12.0. The molecule has 6 heterocycles. The average molecular weight is 1030 g/mol. The van der Waals surface area contributed by atoms with Gasteiger partial charge >= 0.3 is 6.09 Å². The van der Waals surface area contributed by atoms with Crippen molar-refractivity contribution in [2.75, 3.05) is 59.4 Å². The summed E-state index contributed by atoms with van der Waals surface area (Å²) in [5, 5.41) is 24.4. The Labute approximate surface area is 426 Å². The molecule has 23 heteroatoms. The second-order valence-corrected chi connectivity index (χ2v) is 18.1. The van der Waals surface area contributed by atoms with Crippen LogP contribution in [0.3, 0.4) is 0 Å². The van der Waals surface area contributed by atoms with Crippen LogP contribution in [0.25, 0.3) is 55.7 Å². The number of carboxylic acid groups (broad SMARTS) is 1. The van der Waals surface area contributed by atoms with Crippen LogP contribution in [-0.2, 0) is 14.3 Å². The third-order valence-electron chi connectivity index (χ3n) is 11.9. The van der Waals surface area contributed by atoms with Crippen molar-refractivity contribution in [3.8, 4) is 33.9 Å². The largest absolute Gasteiger partial charge is 0.483 e. The first-order valence-corrected chi connectivity index (χ1v) is 23.3. The molecule has 75 heavy (non-hydrogen) atoms. The number of halogens is 2. The van der Waals surface area contributed by atoms with Crippen LogP contribution < -0.4 is 11.1 Å². The molecule has 0 bridgehead atoms. The minimum absolute atomic E-state index is 0.0128. The van der Waals surface area contributed by atoms with Gasteiger partial charge in [-0.2, -0.15) is 0 Å². The number of carbonyl (C=O) groups is 5. The van der Waals surface area contributed by atoms with Gasteiger partial charge in [-0.1, -0.05) is 10.4 Å². The van der Waals surface area contributed by atoms with E-state index in [4.69, 9.17) is 19.4 Å². The van der Waals surface area contributed by atoms with Gasteiger partial charge in [-0.15, -0.1) is 10.2 Å². The summed E-state index contributed by atoms with van der Waals surface area (Å²) >= 11 is 0. The van der Waals surface area contributed by atoms with Gasteiger partial charge in [0.1, 0.15) is 35.4 Å². The maximum atomic E-state index is 13.6. The topological polar surface area (TPSA) is 255 Å². The molecular weight excluding hydrogens is 975 g/mol. The summed E-state index contributed by atoms with van der Waals surface area (Å²) in [5.41, 5.74) is 3.58. The molecule has 2 fully saturated rings. The fourth-order valence-corrected chi connectivity index (χ4v) is 8.07. The molecule has 21 nitrogen and oxygen atoms in total. The first-order chi connectivity index (χ1) is 36.0. The number of aromatic amines is 2. The molecule has 4 aromatic carbocycles. The Hall–Kier alpha value is -9.25. The fourth-order valence-electron chi connectivity index (χ4n) is 8.07. The Kier molecular flexibility index (Phi) is 16.8. The predicted octanol–water partition coefficient (Wildman–Crippen LogP) is 5.43. The van der Waals surface area contributed by atoms with Crippen LogP contribution in [0.4, 0.5) is 13.6 Å². The van der Waals surface area contributed by atoms with E-state index in [0.717, 1.165) is 13.1 Å². The molecule has 4 aromatic heterocycles. The van der Waals surface area contributed by atoms with Gasteiger partial charge in [0.05, 0.1) is 34.9 Å². The number of rotatable bonds is 6. The van der Waals surface area contributed by atoms with Crippen LogP contribution in [0.1, 0.15) is 41.5 Å². The number of benzene rings is 4. The van der Waals surface area contributed by atoms with Gasteiger partial charge in [-0.25, -0.2) is 22.9 Å². The number of likely N-dealkylation sites (N-methyl/N-ethyl adjacent to an activating group) is 1. The number of fused-ring (bicyclic) bond motifs is 2. The Morgan fingerprint density at radius 2 is 0.987 bits per heavy atom. The van der Waals surface area contributed by atoms with Crippen LogP contribution in [0.5, 0.6) is 0 Å². The van der Waals surface area contributed by atoms with Crippen molar-refractivity contribution in [3.63, 3.8) is 0 Å². The molecule has 0 saturated carbocycles. The lowest BCUT2D eigenvalue weighted by molar-refractivity contribution is -0.122. The maximum Gasteiger partial charge on any atom is 0.410 e. The number of hydrogen-bond acceptors (Lipinski definition) is 13. The van der Waals surface area contributed by atoms with Gasteiger partial charge in [-0.3, -0.25) is 24.0 Å². The third-order valence-corrected chi connectivity index (χ3v) is 11.9. The zero-order chi connectivity index (χ0) is 54.0. The van der Waals surface area contributed by atoms with Crippen molar-refractivity contribution in [2.24, 2.45) is 0 Å². The van der Waals surface area contributed by atoms with Crippen LogP contribution in [-0.4, -0.2) is 161 Å². The summed E-state index contributed by atoms with van der Waals surface area (Å²) in [7, 11) is 2.05. The number of amides is 3. The fraction of sp³-hybridized carbons (Fsp3) is 0.250. The molecule has 0 spiro atoms. The van der Waals surface area contributed by atoms with Gasteiger partial charge < -0.3 is 44.2 Å². The minimum Gasteiger partial charge on any atom is -0.483 e. The standard InChI is InChI=1S/C27H27FN6O4.C23H21FN6O2.CH2O2.CH2O/c1-27(2,3)38-26(37)33-12-10-32(11-13-33)25(36)17-4-7-20(8-5-17)34-16-23(30-31-34)21-15-18-14-19(28)6-9-22(18)29-24(21)35;1-28-8-10-29(11-9-28)23(32)15-2-5-18(6-3-15)30-14-21(26-27-30)19-13-16-12-17(24)4-7-20(16)25-22(19)31;2-1-3;1-2/h4-9,14-16H,10-13H2,1-3H3,(H,29,35);2-7,12-14H,8-11H2,1H3,(H,25,31);1H,(H,2,3);1H2. The number of aromatic nitrogens is 8. The molecular formula is C52H52F2N12O9. The zero-order valence-electron chi connectivity index (χ0n) is 41.3. The van der Waals surface area contributed by atoms with Crippen LogP contribution in [0.2, 0.25) is 0 Å². The molecule has 2 aliphatic rings. The third kappa shape index (κ3) is 13.1. The number of nitrogens with one attached hydrogen (secondary N) is 2. The monoisotopic (exact) mass is 1030 g/mol. The zero-order valence-corrected chi connectivity index (χ0v) is 41.3. The number of H-pyrrole nitrogens is 2. The summed E-state index contributed by atoms with van der Waals surface area (Å²) in [6, 6.07) is 25.5. The minimum atomic E-state index is -0.568. The van der Waals surface area contributed by atoms with Crippen molar-refractivity contribution in [1.82, 2.24) is 59.6 Å². The van der Waals surface area contributed by atoms with Crippen LogP contribution in [0, 0.1) is 11.6 Å². The quantitative estimate of drug-likeness (QED) is 0.176. The number of piperazine rings is 2. The molecule has 2 aliphatic heterocycles. The van der Waals surface area contributed by atoms with E-state index in [-0.39, 0.29) is 46.9 Å². The summed E-state index contributed by atoms with van der Waals surface area (Å²) < 4.78 is 35.6. The van der Waals surface area contributed by atoms with Crippen molar-refractivity contribution >= 4 is 53.0 Å². The molecule has 2 saturated heterocycles. The molecule has 0 unspecified atom stereocenters. The summed E-state index contributed by atoms with van der Waals surface area (Å²) in [4.78, 5) is 92.2. The van der Waals surface area contributed by atoms with Gasteiger partial charge in [0.2, 0.25) is 0 Å². The summed E-state index contributed by atoms with van der Waals surface area (Å²) in [5.74, 6) is -0.905. The van der Waals surface area contributed by atoms with E-state index in [1.165, 1.54) is 45.8 Å². The molecule has 10 rings (SSSR count). The van der Waals surface area contributed by atoms with Gasteiger partial charge in [0, 0.05) is 85.3 Å². The molecule has 3 amide bonds. The lowest BCUT2D eigenvalue weighted by Crippen LogP contribution is -2.51. The van der Waals surface area contributed by atoms with E-state index in [9.17, 15) is 32.8 Å². The lowest BCUT2D eigenvalue weighted by Gasteiger charge is -2.35. The highest BCUT2D eigenvalue weighted by Crippen LogP contribution is 2.23. The second-order valence-electron chi connectivity index (χ2n) is 18.1. The van der Waals surface area contributed by atoms with E-state index in [2.05, 4.69) is 35.5 Å². The number of nitrogens with zero attached hydrogens (tertiary/aromatic N) is 10. The second kappa shape index (κ2) is 23.5. The van der Waals surface area contributed by atoms with E-state index in [1.807, 2.05) is 39.5 Å². The summed E-state index contributed by atoms with van der Waals surface area (Å²) in [6.07, 6.45) is 2.86. The van der Waals surface area contributed by atoms with E-state index < -0.39 is 11.4 Å². The first kappa shape index (κ1) is 53.5. The number of hydrogen-bond donors (Lipinski definition) is 3. The average Bonchev–Trinajstić information content (AvgIpc) is 4.11. The highest BCUT2D eigenvalue weighted by molar-refractivity contribution is 5.95. The first-order valence-electron chi connectivity index (χ1n) is 23.3. The molecule has 0 radical (unpaired) electrons. The molecule has 3 N–H and O–H groups in total. The Morgan fingerprint density at radius 1 is 0.613 bits per heavy atom. The van der Waals surface area contributed by atoms with Crippen molar-refractivity contribution < 1.29 is 42.6 Å². The van der Waals surface area contributed by atoms with Crippen LogP contribution >= 0.6 is 0 Å². The van der Waals surface area contributed by atoms with Crippen molar-refractivity contribution in [1.29, 1.82) is 0 Å². The van der Waals surface area contributed by atoms with Crippen molar-refractivity contribution in [3.05, 3.63) is 153 Å².